The summed E-state index contributed by atoms with van der Waals surface area (Å²) in [5.74, 6) is -0.970. The highest BCUT2D eigenvalue weighted by Gasteiger charge is 2.36. The lowest BCUT2D eigenvalue weighted by Gasteiger charge is -2.33. The third kappa shape index (κ3) is 4.83. The van der Waals surface area contributed by atoms with Crippen LogP contribution >= 0.6 is 15.9 Å². The smallest absolute Gasteiger partial charge is 0.286 e. The molecule has 0 bridgehead atoms. The first-order chi connectivity index (χ1) is 11.8. The number of hydrogen-bond acceptors (Lipinski definition) is 4. The second-order valence-corrected chi connectivity index (χ2v) is 8.99. The summed E-state index contributed by atoms with van der Waals surface area (Å²) in [5.41, 5.74) is 5.08. The van der Waals surface area contributed by atoms with Gasteiger partial charge in [0.25, 0.3) is 11.8 Å². The molecular weight excluding hydrogens is 412 g/mol. The Morgan fingerprint density at radius 3 is 2.64 bits per heavy atom. The Hall–Kier alpha value is -1.39. The average molecular weight is 435 g/mol. The number of aromatic nitrogens is 1. The van der Waals surface area contributed by atoms with Crippen LogP contribution in [0.4, 0.5) is 0 Å². The SMILES string of the molecule is CCCS(=O)(=O)N1CCCCC1C(=O)NNC(=O)c1cc(Br)cn1C. The van der Waals surface area contributed by atoms with Crippen molar-refractivity contribution in [3.63, 3.8) is 0 Å². The molecule has 1 aromatic heterocycles. The van der Waals surface area contributed by atoms with Crippen molar-refractivity contribution in [2.24, 2.45) is 7.05 Å². The summed E-state index contributed by atoms with van der Waals surface area (Å²) in [5, 5.41) is 0. The van der Waals surface area contributed by atoms with Crippen LogP contribution in [0.1, 0.15) is 43.1 Å². The average Bonchev–Trinajstić information content (AvgIpc) is 2.90. The number of rotatable bonds is 5. The summed E-state index contributed by atoms with van der Waals surface area (Å²) in [6, 6.07) is 0.839. The quantitative estimate of drug-likeness (QED) is 0.678. The van der Waals surface area contributed by atoms with Crippen LogP contribution in [0.25, 0.3) is 0 Å². The van der Waals surface area contributed by atoms with Gasteiger partial charge in [-0.25, -0.2) is 8.42 Å². The lowest BCUT2D eigenvalue weighted by molar-refractivity contribution is -0.126. The van der Waals surface area contributed by atoms with E-state index in [1.54, 1.807) is 30.8 Å². The van der Waals surface area contributed by atoms with Gasteiger partial charge in [-0.15, -0.1) is 0 Å². The molecule has 10 heteroatoms. The van der Waals surface area contributed by atoms with E-state index in [1.165, 1.54) is 4.31 Å². The maximum Gasteiger partial charge on any atom is 0.286 e. The van der Waals surface area contributed by atoms with E-state index in [2.05, 4.69) is 26.8 Å². The predicted molar refractivity (Wildman–Crippen MR) is 97.1 cm³/mol. The van der Waals surface area contributed by atoms with Gasteiger partial charge in [0.15, 0.2) is 0 Å². The maximum absolute atomic E-state index is 12.4. The molecule has 0 radical (unpaired) electrons. The molecule has 2 amide bonds. The number of carbonyl (C=O) groups excluding carboxylic acids is 2. The van der Waals surface area contributed by atoms with Crippen LogP contribution < -0.4 is 10.9 Å². The third-order valence-corrected chi connectivity index (χ3v) is 6.59. The zero-order valence-corrected chi connectivity index (χ0v) is 16.7. The second kappa shape index (κ2) is 8.33. The Bertz CT molecular complexity index is 747. The molecule has 8 nitrogen and oxygen atoms in total. The van der Waals surface area contributed by atoms with E-state index in [-0.39, 0.29) is 5.75 Å². The first kappa shape index (κ1) is 19.9. The van der Waals surface area contributed by atoms with Crippen molar-refractivity contribution in [3.05, 3.63) is 22.4 Å². The van der Waals surface area contributed by atoms with Crippen molar-refractivity contribution in [2.75, 3.05) is 12.3 Å². The molecule has 1 unspecified atom stereocenters. The van der Waals surface area contributed by atoms with Crippen molar-refractivity contribution in [3.8, 4) is 0 Å². The maximum atomic E-state index is 12.4. The lowest BCUT2D eigenvalue weighted by atomic mass is 10.0. The largest absolute Gasteiger partial charge is 0.345 e. The number of carbonyl (C=O) groups is 2. The Kier molecular flexibility index (Phi) is 6.64. The zero-order chi connectivity index (χ0) is 18.6. The Morgan fingerprint density at radius 1 is 1.32 bits per heavy atom. The van der Waals surface area contributed by atoms with Crippen molar-refractivity contribution in [1.82, 2.24) is 19.7 Å². The molecule has 0 spiro atoms. The van der Waals surface area contributed by atoms with Crippen LogP contribution in [0, 0.1) is 0 Å². The standard InChI is InChI=1S/C15H23BrN4O4S/c1-3-8-25(23,24)20-7-5-4-6-12(20)14(21)17-18-15(22)13-9-11(16)10-19(13)2/h9-10,12H,3-8H2,1-2H3,(H,17,21)(H,18,22). The highest BCUT2D eigenvalue weighted by atomic mass is 79.9. The molecule has 1 aliphatic heterocycles. The Labute approximate surface area is 156 Å². The second-order valence-electron chi connectivity index (χ2n) is 6.04. The molecule has 2 rings (SSSR count). The van der Waals surface area contributed by atoms with Gasteiger partial charge in [0.2, 0.25) is 10.0 Å². The first-order valence-electron chi connectivity index (χ1n) is 8.18. The van der Waals surface area contributed by atoms with E-state index in [0.717, 1.165) is 17.3 Å². The molecule has 1 aliphatic rings. The van der Waals surface area contributed by atoms with E-state index >= 15 is 0 Å². The number of nitrogens with zero attached hydrogens (tertiary/aromatic N) is 2. The Morgan fingerprint density at radius 2 is 2.04 bits per heavy atom. The van der Waals surface area contributed by atoms with Crippen LogP contribution in [-0.2, 0) is 21.9 Å². The number of halogens is 1. The number of piperidine rings is 1. The van der Waals surface area contributed by atoms with Crippen LogP contribution in [0.15, 0.2) is 16.7 Å². The monoisotopic (exact) mass is 434 g/mol. The van der Waals surface area contributed by atoms with Gasteiger partial charge >= 0.3 is 0 Å². The van der Waals surface area contributed by atoms with Gasteiger partial charge in [-0.05, 0) is 41.3 Å². The van der Waals surface area contributed by atoms with Crippen LogP contribution in [0.2, 0.25) is 0 Å². The van der Waals surface area contributed by atoms with Crippen molar-refractivity contribution >= 4 is 37.8 Å². The number of aryl methyl sites for hydroxylation is 1. The van der Waals surface area contributed by atoms with Crippen molar-refractivity contribution in [1.29, 1.82) is 0 Å². The zero-order valence-electron chi connectivity index (χ0n) is 14.3. The first-order valence-corrected chi connectivity index (χ1v) is 10.6. The number of hydrogen-bond donors (Lipinski definition) is 2. The van der Waals surface area contributed by atoms with Crippen LogP contribution in [0.3, 0.4) is 0 Å². The third-order valence-electron chi connectivity index (χ3n) is 4.08. The minimum Gasteiger partial charge on any atom is -0.345 e. The fourth-order valence-electron chi connectivity index (χ4n) is 2.89. The summed E-state index contributed by atoms with van der Waals surface area (Å²) in [7, 11) is -1.76. The minimum atomic E-state index is -3.47. The van der Waals surface area contributed by atoms with Crippen molar-refractivity contribution in [2.45, 2.75) is 38.6 Å². The van der Waals surface area contributed by atoms with Crippen molar-refractivity contribution < 1.29 is 18.0 Å². The van der Waals surface area contributed by atoms with E-state index in [4.69, 9.17) is 0 Å². The molecule has 1 fully saturated rings. The van der Waals surface area contributed by atoms with E-state index < -0.39 is 27.9 Å². The van der Waals surface area contributed by atoms with Gasteiger partial charge in [-0.2, -0.15) is 4.31 Å². The fourth-order valence-corrected chi connectivity index (χ4v) is 5.16. The minimum absolute atomic E-state index is 0.0144. The topological polar surface area (TPSA) is 101 Å². The van der Waals surface area contributed by atoms with Gasteiger partial charge in [-0.1, -0.05) is 13.3 Å². The molecule has 1 atom stereocenters. The van der Waals surface area contributed by atoms with E-state index in [1.807, 2.05) is 0 Å². The molecule has 1 aromatic rings. The summed E-state index contributed by atoms with van der Waals surface area (Å²) >= 11 is 3.28. The number of amides is 2. The number of nitrogens with one attached hydrogen (secondary N) is 2. The van der Waals surface area contributed by atoms with Gasteiger partial charge in [0, 0.05) is 24.3 Å². The highest BCUT2D eigenvalue weighted by Crippen LogP contribution is 2.21. The van der Waals surface area contributed by atoms with E-state index in [0.29, 0.717) is 25.1 Å². The van der Waals surface area contributed by atoms with Gasteiger partial charge < -0.3 is 4.57 Å². The number of sulfonamides is 1. The highest BCUT2D eigenvalue weighted by molar-refractivity contribution is 9.10. The number of hydrazine groups is 1. The van der Waals surface area contributed by atoms with Crippen LogP contribution in [-0.4, -0.2) is 47.4 Å². The summed E-state index contributed by atoms with van der Waals surface area (Å²) in [4.78, 5) is 24.6. The molecular formula is C15H23BrN4O4S. The normalized spacial score (nSPS) is 18.8. The molecule has 0 saturated carbocycles. The molecule has 2 heterocycles. The summed E-state index contributed by atoms with van der Waals surface area (Å²) in [6.45, 7) is 2.12. The van der Waals surface area contributed by atoms with Gasteiger partial charge in [0.05, 0.1) is 5.75 Å². The molecule has 25 heavy (non-hydrogen) atoms. The molecule has 1 saturated heterocycles. The predicted octanol–water partition coefficient (Wildman–Crippen LogP) is 1.14. The lowest BCUT2D eigenvalue weighted by Crippen LogP contribution is -2.55. The summed E-state index contributed by atoms with van der Waals surface area (Å²) < 4.78 is 28.3. The molecule has 140 valence electrons. The van der Waals surface area contributed by atoms with E-state index in [9.17, 15) is 18.0 Å². The van der Waals surface area contributed by atoms with Crippen LogP contribution in [0.5, 0.6) is 0 Å². The van der Waals surface area contributed by atoms with Gasteiger partial charge in [-0.3, -0.25) is 20.4 Å². The molecule has 0 aliphatic carbocycles. The molecule has 0 aromatic carbocycles. The molecule has 2 N–H and O–H groups in total. The fraction of sp³-hybridized carbons (Fsp3) is 0.600. The Balaban J connectivity index is 2.03. The summed E-state index contributed by atoms with van der Waals surface area (Å²) in [6.07, 6.45) is 4.16. The van der Waals surface area contributed by atoms with Gasteiger partial charge in [0.1, 0.15) is 11.7 Å².